The van der Waals surface area contributed by atoms with Crippen LogP contribution < -0.4 is 5.73 Å². The van der Waals surface area contributed by atoms with Crippen molar-refractivity contribution in [2.75, 3.05) is 27.7 Å². The first-order valence-corrected chi connectivity index (χ1v) is 6.46. The third kappa shape index (κ3) is 3.19. The smallest absolute Gasteiger partial charge is 0.326 e. The standard InChI is InChI=1S/C13H26N2O2/c1-5-10-6-7-11(9-15(2)3)13(14,8-10)12(16)17-4/h10-11H,5-9,14H2,1-4H3. The van der Waals surface area contributed by atoms with Crippen LogP contribution >= 0.6 is 0 Å². The largest absolute Gasteiger partial charge is 0.468 e. The summed E-state index contributed by atoms with van der Waals surface area (Å²) >= 11 is 0. The van der Waals surface area contributed by atoms with E-state index in [4.69, 9.17) is 10.5 Å². The van der Waals surface area contributed by atoms with Crippen LogP contribution in [0.25, 0.3) is 0 Å². The van der Waals surface area contributed by atoms with E-state index in [1.165, 1.54) is 13.5 Å². The van der Waals surface area contributed by atoms with Crippen LogP contribution in [0.4, 0.5) is 0 Å². The highest BCUT2D eigenvalue weighted by Crippen LogP contribution is 2.38. The van der Waals surface area contributed by atoms with Gasteiger partial charge >= 0.3 is 5.97 Å². The Morgan fingerprint density at radius 1 is 1.47 bits per heavy atom. The van der Waals surface area contributed by atoms with Gasteiger partial charge in [0.15, 0.2) is 0 Å². The topological polar surface area (TPSA) is 55.6 Å². The molecule has 3 unspecified atom stereocenters. The summed E-state index contributed by atoms with van der Waals surface area (Å²) in [6, 6.07) is 0. The van der Waals surface area contributed by atoms with Crippen LogP contribution in [0.5, 0.6) is 0 Å². The number of ether oxygens (including phenoxy) is 1. The molecule has 1 rings (SSSR count). The molecule has 0 bridgehead atoms. The fraction of sp³-hybridized carbons (Fsp3) is 0.923. The first-order valence-electron chi connectivity index (χ1n) is 6.46. The summed E-state index contributed by atoms with van der Waals surface area (Å²) in [5.74, 6) is 0.507. The van der Waals surface area contributed by atoms with Crippen LogP contribution in [0, 0.1) is 11.8 Å². The van der Waals surface area contributed by atoms with Crippen LogP contribution in [-0.2, 0) is 9.53 Å². The van der Waals surface area contributed by atoms with Gasteiger partial charge in [-0.3, -0.25) is 4.79 Å². The lowest BCUT2D eigenvalue weighted by Gasteiger charge is -2.43. The molecule has 1 aliphatic carbocycles. The number of nitrogens with zero attached hydrogens (tertiary/aromatic N) is 1. The van der Waals surface area contributed by atoms with E-state index in [1.54, 1.807) is 0 Å². The van der Waals surface area contributed by atoms with Crippen molar-refractivity contribution in [3.63, 3.8) is 0 Å². The maximum atomic E-state index is 12.0. The quantitative estimate of drug-likeness (QED) is 0.754. The number of carbonyl (C=O) groups is 1. The van der Waals surface area contributed by atoms with Gasteiger partial charge in [-0.25, -0.2) is 0 Å². The Morgan fingerprint density at radius 3 is 2.59 bits per heavy atom. The maximum absolute atomic E-state index is 12.0. The number of carbonyl (C=O) groups excluding carboxylic acids is 1. The van der Waals surface area contributed by atoms with E-state index in [9.17, 15) is 4.79 Å². The normalized spacial score (nSPS) is 33.8. The van der Waals surface area contributed by atoms with E-state index in [-0.39, 0.29) is 11.9 Å². The van der Waals surface area contributed by atoms with Crippen LogP contribution in [0.1, 0.15) is 32.6 Å². The summed E-state index contributed by atoms with van der Waals surface area (Å²) in [5.41, 5.74) is 5.58. The van der Waals surface area contributed by atoms with Gasteiger partial charge in [0, 0.05) is 12.5 Å². The molecule has 0 spiro atoms. The molecule has 0 aliphatic heterocycles. The Kier molecular flexibility index (Phi) is 4.95. The lowest BCUT2D eigenvalue weighted by atomic mass is 9.68. The number of rotatable bonds is 4. The molecule has 0 radical (unpaired) electrons. The predicted octanol–water partition coefficient (Wildman–Crippen LogP) is 1.24. The van der Waals surface area contributed by atoms with Crippen molar-refractivity contribution in [3.05, 3.63) is 0 Å². The van der Waals surface area contributed by atoms with Gasteiger partial charge in [0.1, 0.15) is 5.54 Å². The lowest BCUT2D eigenvalue weighted by Crippen LogP contribution is -2.60. The molecular formula is C13H26N2O2. The molecule has 100 valence electrons. The maximum Gasteiger partial charge on any atom is 0.326 e. The highest BCUT2D eigenvalue weighted by molar-refractivity contribution is 5.81. The van der Waals surface area contributed by atoms with Gasteiger partial charge in [0.05, 0.1) is 7.11 Å². The number of hydrogen-bond donors (Lipinski definition) is 1. The number of nitrogens with two attached hydrogens (primary N) is 1. The van der Waals surface area contributed by atoms with Crippen LogP contribution in [0.2, 0.25) is 0 Å². The fourth-order valence-electron chi connectivity index (χ4n) is 2.92. The fourth-order valence-corrected chi connectivity index (χ4v) is 2.92. The summed E-state index contributed by atoms with van der Waals surface area (Å²) < 4.78 is 4.91. The first kappa shape index (κ1) is 14.5. The molecule has 0 saturated heterocycles. The lowest BCUT2D eigenvalue weighted by molar-refractivity contribution is -0.152. The highest BCUT2D eigenvalue weighted by Gasteiger charge is 2.47. The monoisotopic (exact) mass is 242 g/mol. The molecule has 4 nitrogen and oxygen atoms in total. The van der Waals surface area contributed by atoms with Crippen molar-refractivity contribution < 1.29 is 9.53 Å². The minimum absolute atomic E-state index is 0.202. The molecule has 0 heterocycles. The second-order valence-corrected chi connectivity index (χ2v) is 5.55. The van der Waals surface area contributed by atoms with Gasteiger partial charge < -0.3 is 15.4 Å². The molecule has 1 aliphatic rings. The predicted molar refractivity (Wildman–Crippen MR) is 68.6 cm³/mol. The summed E-state index contributed by atoms with van der Waals surface area (Å²) in [7, 11) is 5.46. The minimum Gasteiger partial charge on any atom is -0.468 e. The Labute approximate surface area is 104 Å². The van der Waals surface area contributed by atoms with Gasteiger partial charge in [0.25, 0.3) is 0 Å². The highest BCUT2D eigenvalue weighted by atomic mass is 16.5. The Hall–Kier alpha value is -0.610. The van der Waals surface area contributed by atoms with E-state index in [1.807, 2.05) is 14.1 Å². The summed E-state index contributed by atoms with van der Waals surface area (Å²) in [5, 5.41) is 0. The second kappa shape index (κ2) is 5.83. The second-order valence-electron chi connectivity index (χ2n) is 5.55. The molecule has 1 saturated carbocycles. The van der Waals surface area contributed by atoms with Crippen LogP contribution in [0.3, 0.4) is 0 Å². The molecular weight excluding hydrogens is 216 g/mol. The Morgan fingerprint density at radius 2 is 2.12 bits per heavy atom. The average Bonchev–Trinajstić information content (AvgIpc) is 2.30. The molecule has 1 fully saturated rings. The van der Waals surface area contributed by atoms with Gasteiger partial charge in [-0.1, -0.05) is 13.3 Å². The van der Waals surface area contributed by atoms with E-state index in [2.05, 4.69) is 11.8 Å². The van der Waals surface area contributed by atoms with Crippen molar-refractivity contribution >= 4 is 5.97 Å². The van der Waals surface area contributed by atoms with Gasteiger partial charge in [-0.15, -0.1) is 0 Å². The third-order valence-corrected chi connectivity index (χ3v) is 4.01. The van der Waals surface area contributed by atoms with Gasteiger partial charge in [0.2, 0.25) is 0 Å². The number of methoxy groups -OCH3 is 1. The molecule has 0 aromatic rings. The van der Waals surface area contributed by atoms with E-state index >= 15 is 0 Å². The van der Waals surface area contributed by atoms with Crippen LogP contribution in [-0.4, -0.2) is 44.2 Å². The molecule has 0 aromatic heterocycles. The van der Waals surface area contributed by atoms with E-state index in [0.717, 1.165) is 25.8 Å². The van der Waals surface area contributed by atoms with Crippen molar-refractivity contribution in [2.45, 2.75) is 38.1 Å². The van der Waals surface area contributed by atoms with Crippen molar-refractivity contribution in [1.82, 2.24) is 4.90 Å². The van der Waals surface area contributed by atoms with Crippen molar-refractivity contribution in [1.29, 1.82) is 0 Å². The molecule has 2 N–H and O–H groups in total. The number of esters is 1. The first-order chi connectivity index (χ1) is 7.93. The molecule has 17 heavy (non-hydrogen) atoms. The zero-order valence-electron chi connectivity index (χ0n) is 11.5. The summed E-state index contributed by atoms with van der Waals surface area (Å²) in [6.07, 6.45) is 4.03. The van der Waals surface area contributed by atoms with E-state index < -0.39 is 5.54 Å². The molecule has 3 atom stereocenters. The third-order valence-electron chi connectivity index (χ3n) is 4.01. The molecule has 4 heteroatoms. The Balaban J connectivity index is 2.84. The average molecular weight is 242 g/mol. The Bertz CT molecular complexity index is 268. The molecule has 0 amide bonds. The van der Waals surface area contributed by atoms with Gasteiger partial charge in [-0.05, 0) is 39.3 Å². The van der Waals surface area contributed by atoms with Crippen LogP contribution in [0.15, 0.2) is 0 Å². The summed E-state index contributed by atoms with van der Waals surface area (Å²) in [6.45, 7) is 3.01. The van der Waals surface area contributed by atoms with Gasteiger partial charge in [-0.2, -0.15) is 0 Å². The van der Waals surface area contributed by atoms with E-state index in [0.29, 0.717) is 5.92 Å². The van der Waals surface area contributed by atoms with Crippen molar-refractivity contribution in [2.24, 2.45) is 17.6 Å². The minimum atomic E-state index is -0.794. The zero-order chi connectivity index (χ0) is 13.1. The zero-order valence-corrected chi connectivity index (χ0v) is 11.5. The summed E-state index contributed by atoms with van der Waals surface area (Å²) in [4.78, 5) is 14.1. The molecule has 0 aromatic carbocycles. The number of hydrogen-bond acceptors (Lipinski definition) is 4. The van der Waals surface area contributed by atoms with Crippen molar-refractivity contribution in [3.8, 4) is 0 Å². The SMILES string of the molecule is CCC1CCC(CN(C)C)C(N)(C(=O)OC)C1.